The Kier molecular flexibility index (Phi) is 3.52. The summed E-state index contributed by atoms with van der Waals surface area (Å²) in [6.45, 7) is -0.871. The molecule has 1 unspecified atom stereocenters. The van der Waals surface area contributed by atoms with Crippen LogP contribution in [0.4, 0.5) is 13.2 Å². The molecular weight excluding hydrogens is 267 g/mol. The predicted octanol–water partition coefficient (Wildman–Crippen LogP) is 1.07. The van der Waals surface area contributed by atoms with Crippen molar-refractivity contribution in [2.75, 3.05) is 13.3 Å². The fourth-order valence-electron chi connectivity index (χ4n) is 1.44. The number of carbonyl (C=O) groups is 1. The first-order valence-electron chi connectivity index (χ1n) is 5.30. The molecule has 0 bridgehead atoms. The lowest BCUT2D eigenvalue weighted by molar-refractivity contribution is -0.201. The van der Waals surface area contributed by atoms with E-state index in [9.17, 15) is 18.0 Å². The molecule has 5 nitrogen and oxygen atoms in total. The zero-order valence-electron chi connectivity index (χ0n) is 9.53. The monoisotopic (exact) mass is 277 g/mol. The average molecular weight is 277 g/mol. The molecule has 0 aromatic heterocycles. The summed E-state index contributed by atoms with van der Waals surface area (Å²) in [7, 11) is 0. The van der Waals surface area contributed by atoms with E-state index in [2.05, 4.69) is 0 Å². The lowest BCUT2D eigenvalue weighted by Crippen LogP contribution is -2.40. The Labute approximate surface area is 105 Å². The highest BCUT2D eigenvalue weighted by atomic mass is 19.4. The molecule has 1 aliphatic heterocycles. The van der Waals surface area contributed by atoms with Gasteiger partial charge in [0.15, 0.2) is 17.6 Å². The molecule has 1 heterocycles. The number of aliphatic hydroxyl groups excluding tert-OH is 1. The van der Waals surface area contributed by atoms with Crippen LogP contribution in [0.15, 0.2) is 18.2 Å². The maximum absolute atomic E-state index is 12.0. The highest BCUT2D eigenvalue weighted by molar-refractivity contribution is 5.94. The minimum absolute atomic E-state index is 0.0349. The van der Waals surface area contributed by atoms with Gasteiger partial charge in [0.25, 0.3) is 5.91 Å². The van der Waals surface area contributed by atoms with Gasteiger partial charge in [-0.3, -0.25) is 4.79 Å². The topological polar surface area (TPSA) is 67.8 Å². The van der Waals surface area contributed by atoms with Gasteiger partial charge in [0, 0.05) is 5.56 Å². The molecule has 0 spiro atoms. The molecule has 2 N–H and O–H groups in total. The Morgan fingerprint density at radius 1 is 1.37 bits per heavy atom. The second kappa shape index (κ2) is 4.96. The first kappa shape index (κ1) is 13.5. The highest BCUT2D eigenvalue weighted by Gasteiger charge is 2.38. The van der Waals surface area contributed by atoms with Gasteiger partial charge in [-0.15, -0.1) is 0 Å². The molecule has 1 atom stereocenters. The van der Waals surface area contributed by atoms with Crippen LogP contribution < -0.4 is 14.8 Å². The van der Waals surface area contributed by atoms with Gasteiger partial charge in [0.1, 0.15) is 0 Å². The molecule has 8 heteroatoms. The van der Waals surface area contributed by atoms with Gasteiger partial charge < -0.3 is 19.9 Å². The molecule has 0 radical (unpaired) electrons. The molecule has 0 aliphatic carbocycles. The minimum atomic E-state index is -4.76. The van der Waals surface area contributed by atoms with E-state index >= 15 is 0 Å². The highest BCUT2D eigenvalue weighted by Crippen LogP contribution is 2.32. The van der Waals surface area contributed by atoms with Gasteiger partial charge in [0.2, 0.25) is 6.79 Å². The fourth-order valence-corrected chi connectivity index (χ4v) is 1.44. The van der Waals surface area contributed by atoms with Crippen LogP contribution in [0.3, 0.4) is 0 Å². The third-order valence-electron chi connectivity index (χ3n) is 2.47. The third-order valence-corrected chi connectivity index (χ3v) is 2.47. The van der Waals surface area contributed by atoms with Crippen LogP contribution in [0.5, 0.6) is 11.5 Å². The van der Waals surface area contributed by atoms with Crippen molar-refractivity contribution in [3.8, 4) is 11.5 Å². The number of aliphatic hydroxyl groups is 1. The fraction of sp³-hybridized carbons (Fsp3) is 0.364. The lowest BCUT2D eigenvalue weighted by atomic mass is 10.2. The first-order valence-corrected chi connectivity index (χ1v) is 5.30. The van der Waals surface area contributed by atoms with Crippen LogP contribution in [0.25, 0.3) is 0 Å². The number of halogens is 3. The smallest absolute Gasteiger partial charge is 0.416 e. The summed E-state index contributed by atoms with van der Waals surface area (Å²) in [5, 5.41) is 10.7. The van der Waals surface area contributed by atoms with Gasteiger partial charge in [-0.2, -0.15) is 13.2 Å². The van der Waals surface area contributed by atoms with Crippen LogP contribution in [-0.2, 0) is 0 Å². The number of carbonyl (C=O) groups excluding carboxylic acids is 1. The van der Waals surface area contributed by atoms with Crippen molar-refractivity contribution in [3.05, 3.63) is 23.8 Å². The van der Waals surface area contributed by atoms with Crippen molar-refractivity contribution in [2.24, 2.45) is 0 Å². The summed E-state index contributed by atoms with van der Waals surface area (Å²) in [6, 6.07) is 4.23. The lowest BCUT2D eigenvalue weighted by Gasteiger charge is -2.15. The van der Waals surface area contributed by atoms with E-state index in [-0.39, 0.29) is 12.4 Å². The number of ether oxygens (including phenoxy) is 2. The third kappa shape index (κ3) is 3.08. The van der Waals surface area contributed by atoms with Crippen LogP contribution in [0.1, 0.15) is 10.4 Å². The van der Waals surface area contributed by atoms with E-state index in [4.69, 9.17) is 14.6 Å². The molecule has 1 aliphatic rings. The minimum Gasteiger partial charge on any atom is -0.454 e. The Morgan fingerprint density at radius 3 is 2.74 bits per heavy atom. The summed E-state index contributed by atoms with van der Waals surface area (Å²) >= 11 is 0. The van der Waals surface area contributed by atoms with Crippen molar-refractivity contribution in [3.63, 3.8) is 0 Å². The molecule has 0 fully saturated rings. The van der Waals surface area contributed by atoms with Gasteiger partial charge in [0.05, 0.1) is 6.54 Å². The largest absolute Gasteiger partial charge is 0.454 e. The van der Waals surface area contributed by atoms with Crippen molar-refractivity contribution < 1.29 is 32.5 Å². The van der Waals surface area contributed by atoms with Crippen LogP contribution in [0.2, 0.25) is 0 Å². The number of hydrogen-bond acceptors (Lipinski definition) is 4. The predicted molar refractivity (Wildman–Crippen MR) is 57.0 cm³/mol. The molecule has 1 amide bonds. The van der Waals surface area contributed by atoms with Crippen LogP contribution in [-0.4, -0.2) is 36.6 Å². The van der Waals surface area contributed by atoms with E-state index in [0.29, 0.717) is 11.5 Å². The van der Waals surface area contributed by atoms with Crippen molar-refractivity contribution in [1.82, 2.24) is 5.32 Å². The number of amides is 1. The zero-order chi connectivity index (χ0) is 14.0. The first-order chi connectivity index (χ1) is 8.88. The van der Waals surface area contributed by atoms with Crippen LogP contribution >= 0.6 is 0 Å². The van der Waals surface area contributed by atoms with E-state index in [1.807, 2.05) is 5.32 Å². The second-order valence-corrected chi connectivity index (χ2v) is 3.84. The quantitative estimate of drug-likeness (QED) is 0.867. The van der Waals surface area contributed by atoms with E-state index in [0.717, 1.165) is 0 Å². The molecule has 0 saturated carbocycles. The Morgan fingerprint density at radius 2 is 2.05 bits per heavy atom. The maximum atomic E-state index is 12.0. The molecule has 1 aromatic carbocycles. The van der Waals surface area contributed by atoms with E-state index < -0.39 is 24.7 Å². The molecular formula is C11H10F3NO4. The van der Waals surface area contributed by atoms with Gasteiger partial charge >= 0.3 is 6.18 Å². The Bertz CT molecular complexity index is 489. The molecule has 104 valence electrons. The normalized spacial score (nSPS) is 15.2. The number of fused-ring (bicyclic) bond motifs is 1. The second-order valence-electron chi connectivity index (χ2n) is 3.84. The Hall–Kier alpha value is -1.96. The molecule has 19 heavy (non-hydrogen) atoms. The molecule has 1 aromatic rings. The summed E-state index contributed by atoms with van der Waals surface area (Å²) in [5.74, 6) is 0.0810. The van der Waals surface area contributed by atoms with Gasteiger partial charge in [-0.05, 0) is 18.2 Å². The number of hydrogen-bond donors (Lipinski definition) is 2. The number of benzene rings is 1. The van der Waals surface area contributed by atoms with Crippen molar-refractivity contribution in [1.29, 1.82) is 0 Å². The van der Waals surface area contributed by atoms with E-state index in [1.165, 1.54) is 18.2 Å². The summed E-state index contributed by atoms with van der Waals surface area (Å²) in [5.41, 5.74) is 0.124. The zero-order valence-corrected chi connectivity index (χ0v) is 9.53. The van der Waals surface area contributed by atoms with Crippen molar-refractivity contribution in [2.45, 2.75) is 12.3 Å². The standard InChI is InChI=1S/C11H10F3NO4/c12-11(13,14)9(16)4-15-10(17)6-1-2-7-8(3-6)19-5-18-7/h1-3,9,16H,4-5H2,(H,15,17). The van der Waals surface area contributed by atoms with Crippen molar-refractivity contribution >= 4 is 5.91 Å². The van der Waals surface area contributed by atoms with E-state index in [1.54, 1.807) is 0 Å². The number of nitrogens with one attached hydrogen (secondary N) is 1. The Balaban J connectivity index is 1.97. The maximum Gasteiger partial charge on any atom is 0.416 e. The number of alkyl halides is 3. The summed E-state index contributed by atoms with van der Waals surface area (Å²) in [4.78, 5) is 11.6. The molecule has 2 rings (SSSR count). The van der Waals surface area contributed by atoms with Crippen LogP contribution in [0, 0.1) is 0 Å². The summed E-state index contributed by atoms with van der Waals surface area (Å²) in [6.07, 6.45) is -7.35. The molecule has 0 saturated heterocycles. The van der Waals surface area contributed by atoms with Gasteiger partial charge in [-0.25, -0.2) is 0 Å². The van der Waals surface area contributed by atoms with Gasteiger partial charge in [-0.1, -0.05) is 0 Å². The SMILES string of the molecule is O=C(NCC(O)C(F)(F)F)c1ccc2c(c1)OCO2. The summed E-state index contributed by atoms with van der Waals surface area (Å²) < 4.78 is 46.2. The number of rotatable bonds is 3. The average Bonchev–Trinajstić information content (AvgIpc) is 2.81.